The van der Waals surface area contributed by atoms with E-state index in [1.54, 1.807) is 20.8 Å². The fourth-order valence-corrected chi connectivity index (χ4v) is 3.83. The third-order valence-electron chi connectivity index (χ3n) is 5.02. The molecule has 4 aliphatic rings. The van der Waals surface area contributed by atoms with Crippen LogP contribution in [0.1, 0.15) is 26.3 Å². The van der Waals surface area contributed by atoms with Gasteiger partial charge in [-0.05, 0) is 38.5 Å². The normalized spacial score (nSPS) is 30.7. The molecule has 0 N–H and O–H groups in total. The summed E-state index contributed by atoms with van der Waals surface area (Å²) in [6.07, 6.45) is -2.22. The van der Waals surface area contributed by atoms with Crippen LogP contribution in [-0.4, -0.2) is 49.8 Å². The topological polar surface area (TPSA) is 90.9 Å². The first-order chi connectivity index (χ1) is 13.9. The second kappa shape index (κ2) is 6.79. The summed E-state index contributed by atoms with van der Waals surface area (Å²) < 4.78 is 45.3. The Morgan fingerprint density at radius 2 is 2.00 bits per heavy atom. The summed E-state index contributed by atoms with van der Waals surface area (Å²) in [6.45, 7) is 5.93. The number of hydrogen-bond donors (Lipinski definition) is 0. The molecule has 9 nitrogen and oxygen atoms in total. The Hall–Kier alpha value is -2.49. The minimum Gasteiger partial charge on any atom is -0.486 e. The van der Waals surface area contributed by atoms with Crippen molar-refractivity contribution in [1.29, 1.82) is 0 Å². The molecule has 0 aliphatic carbocycles. The highest BCUT2D eigenvalue weighted by Gasteiger charge is 2.61. The summed E-state index contributed by atoms with van der Waals surface area (Å²) in [6, 6.07) is 5.51. The van der Waals surface area contributed by atoms with Gasteiger partial charge in [0.05, 0.1) is 6.61 Å². The zero-order chi connectivity index (χ0) is 20.2. The number of hydrogen-bond acceptors (Lipinski definition) is 9. The molecule has 9 heteroatoms. The van der Waals surface area contributed by atoms with Crippen LogP contribution < -0.4 is 9.47 Å². The van der Waals surface area contributed by atoms with E-state index in [9.17, 15) is 4.79 Å². The number of benzene rings is 1. The molecular weight excluding hydrogens is 384 g/mol. The molecule has 29 heavy (non-hydrogen) atoms. The van der Waals surface area contributed by atoms with E-state index in [0.717, 1.165) is 5.56 Å². The van der Waals surface area contributed by atoms with Crippen molar-refractivity contribution in [2.24, 2.45) is 0 Å². The van der Waals surface area contributed by atoms with E-state index in [4.69, 9.17) is 37.9 Å². The van der Waals surface area contributed by atoms with E-state index in [2.05, 4.69) is 0 Å². The summed E-state index contributed by atoms with van der Waals surface area (Å²) in [5.41, 5.74) is 0.847. The van der Waals surface area contributed by atoms with Crippen molar-refractivity contribution < 1.29 is 42.7 Å². The predicted molar refractivity (Wildman–Crippen MR) is 94.6 cm³/mol. The molecule has 0 bridgehead atoms. The maximum absolute atomic E-state index is 12.4. The zero-order valence-electron chi connectivity index (χ0n) is 16.3. The standard InChI is InChI=1S/C20H22O9/c1-4-22-18(21)16-13(23-8-10-5-6-11-12(7-10)25-9-24-11)14-15(26-16)17-19(27-14)29-20(2,3)28-17/h5-7,14-15,17,19H,4,8-9H2,1-3H3/t14-,15+,17-,19-/m1/s1. The van der Waals surface area contributed by atoms with Crippen LogP contribution >= 0.6 is 0 Å². The minimum atomic E-state index is -0.788. The number of carbonyl (C=O) groups excluding carboxylic acids is 1. The Morgan fingerprint density at radius 1 is 1.17 bits per heavy atom. The number of carbonyl (C=O) groups is 1. The first-order valence-electron chi connectivity index (χ1n) is 9.55. The lowest BCUT2D eigenvalue weighted by atomic mass is 10.1. The van der Waals surface area contributed by atoms with E-state index in [1.165, 1.54) is 0 Å². The summed E-state index contributed by atoms with van der Waals surface area (Å²) in [5, 5.41) is 0. The smallest absolute Gasteiger partial charge is 0.377 e. The van der Waals surface area contributed by atoms with Crippen molar-refractivity contribution in [3.63, 3.8) is 0 Å². The Bertz CT molecular complexity index is 862. The van der Waals surface area contributed by atoms with Gasteiger partial charge in [-0.2, -0.15) is 0 Å². The average Bonchev–Trinajstić information content (AvgIpc) is 3.40. The molecule has 0 spiro atoms. The molecule has 1 aromatic carbocycles. The first-order valence-corrected chi connectivity index (χ1v) is 9.55. The van der Waals surface area contributed by atoms with Crippen LogP contribution in [0.4, 0.5) is 0 Å². The van der Waals surface area contributed by atoms with Gasteiger partial charge in [0.15, 0.2) is 47.6 Å². The van der Waals surface area contributed by atoms with Crippen molar-refractivity contribution in [1.82, 2.24) is 0 Å². The summed E-state index contributed by atoms with van der Waals surface area (Å²) >= 11 is 0. The first kappa shape index (κ1) is 18.5. The van der Waals surface area contributed by atoms with Gasteiger partial charge in [-0.25, -0.2) is 4.79 Å². The van der Waals surface area contributed by atoms with E-state index in [0.29, 0.717) is 11.5 Å². The molecule has 0 unspecified atom stereocenters. The Labute approximate surface area is 167 Å². The molecule has 0 amide bonds. The largest absolute Gasteiger partial charge is 0.486 e. The van der Waals surface area contributed by atoms with Gasteiger partial charge in [-0.1, -0.05) is 6.07 Å². The second-order valence-corrected chi connectivity index (χ2v) is 7.50. The summed E-state index contributed by atoms with van der Waals surface area (Å²) in [4.78, 5) is 12.4. The highest BCUT2D eigenvalue weighted by Crippen LogP contribution is 2.46. The molecule has 1 aromatic rings. The monoisotopic (exact) mass is 406 g/mol. The molecule has 2 fully saturated rings. The molecule has 2 saturated heterocycles. The Kier molecular flexibility index (Phi) is 4.34. The molecule has 4 atom stereocenters. The van der Waals surface area contributed by atoms with Gasteiger partial charge in [0.1, 0.15) is 6.61 Å². The number of fused-ring (bicyclic) bond motifs is 4. The van der Waals surface area contributed by atoms with Gasteiger partial charge < -0.3 is 37.9 Å². The Balaban J connectivity index is 1.36. The van der Waals surface area contributed by atoms with Crippen LogP contribution in [0.5, 0.6) is 11.5 Å². The van der Waals surface area contributed by atoms with Crippen molar-refractivity contribution in [3.8, 4) is 11.5 Å². The van der Waals surface area contributed by atoms with Gasteiger partial charge in [0.25, 0.3) is 0 Å². The van der Waals surface area contributed by atoms with Gasteiger partial charge in [0.2, 0.25) is 12.6 Å². The molecule has 0 aromatic heterocycles. The van der Waals surface area contributed by atoms with Crippen LogP contribution in [0.2, 0.25) is 0 Å². The van der Waals surface area contributed by atoms with Gasteiger partial charge in [-0.3, -0.25) is 0 Å². The van der Waals surface area contributed by atoms with Crippen LogP contribution in [-0.2, 0) is 39.8 Å². The van der Waals surface area contributed by atoms with Crippen molar-refractivity contribution in [2.45, 2.75) is 57.8 Å². The molecule has 0 saturated carbocycles. The van der Waals surface area contributed by atoms with Gasteiger partial charge in [-0.15, -0.1) is 0 Å². The number of rotatable bonds is 5. The lowest BCUT2D eigenvalue weighted by Gasteiger charge is -2.21. The van der Waals surface area contributed by atoms with Gasteiger partial charge >= 0.3 is 5.97 Å². The molecule has 0 radical (unpaired) electrons. The van der Waals surface area contributed by atoms with Crippen LogP contribution in [0.15, 0.2) is 29.7 Å². The SMILES string of the molecule is CCOC(=O)C1=C(OCc2ccc3c(c2)OCO3)[C@H]2O[C@@H]3OC(C)(C)O[C@@H]3[C@H]2O1. The second-order valence-electron chi connectivity index (χ2n) is 7.50. The molecule has 5 rings (SSSR count). The Morgan fingerprint density at radius 3 is 2.83 bits per heavy atom. The fraction of sp³-hybridized carbons (Fsp3) is 0.550. The lowest BCUT2D eigenvalue weighted by Crippen LogP contribution is -2.34. The lowest BCUT2D eigenvalue weighted by molar-refractivity contribution is -0.210. The maximum atomic E-state index is 12.4. The average molecular weight is 406 g/mol. The van der Waals surface area contributed by atoms with Crippen LogP contribution in [0.3, 0.4) is 0 Å². The van der Waals surface area contributed by atoms with Crippen LogP contribution in [0.25, 0.3) is 0 Å². The third kappa shape index (κ3) is 3.19. The maximum Gasteiger partial charge on any atom is 0.377 e. The van der Waals surface area contributed by atoms with E-state index in [-0.39, 0.29) is 31.5 Å². The molecule has 156 valence electrons. The fourth-order valence-electron chi connectivity index (χ4n) is 3.83. The molecule has 4 aliphatic heterocycles. The molecule has 4 heterocycles. The minimum absolute atomic E-state index is 0.00866. The summed E-state index contributed by atoms with van der Waals surface area (Å²) in [5.74, 6) is 0.250. The number of esters is 1. The van der Waals surface area contributed by atoms with Gasteiger partial charge in [0, 0.05) is 0 Å². The third-order valence-corrected chi connectivity index (χ3v) is 5.02. The predicted octanol–water partition coefficient (Wildman–Crippen LogP) is 1.98. The summed E-state index contributed by atoms with van der Waals surface area (Å²) in [7, 11) is 0. The number of ether oxygens (including phenoxy) is 8. The van der Waals surface area contributed by atoms with E-state index in [1.807, 2.05) is 18.2 Å². The van der Waals surface area contributed by atoms with Crippen molar-refractivity contribution >= 4 is 5.97 Å². The van der Waals surface area contributed by atoms with E-state index < -0.39 is 36.4 Å². The van der Waals surface area contributed by atoms with E-state index >= 15 is 0 Å². The highest BCUT2D eigenvalue weighted by atomic mass is 16.8. The quantitative estimate of drug-likeness (QED) is 0.681. The highest BCUT2D eigenvalue weighted by molar-refractivity contribution is 5.87. The zero-order valence-corrected chi connectivity index (χ0v) is 16.3. The van der Waals surface area contributed by atoms with Crippen molar-refractivity contribution in [2.75, 3.05) is 13.4 Å². The molecular formula is C20H22O9. The van der Waals surface area contributed by atoms with Crippen LogP contribution in [0, 0.1) is 0 Å². The van der Waals surface area contributed by atoms with Crippen molar-refractivity contribution in [3.05, 3.63) is 35.3 Å².